The van der Waals surface area contributed by atoms with Gasteiger partial charge >= 0.3 is 0 Å². The summed E-state index contributed by atoms with van der Waals surface area (Å²) in [4.78, 5) is 9.66. The Kier molecular flexibility index (Phi) is 8.82. The zero-order valence-corrected chi connectivity index (χ0v) is 25.6. The number of rotatable bonds is 8. The standard InChI is InChI=1S/C35H44N4O/c1-10-20(3)16-22(5)26-17-24(7)31(25(8)18-26)29-14-15-30(40-9)32-33(29)38-35(39-34(32)36)37-27-12-13-28(21(4)11-2)23(6)19-27/h12-19,22-23H,10-11H2,1-9H3,(H3,36,37,38,39)/b20-16-,28-21-. The number of anilines is 2. The van der Waals surface area contributed by atoms with Crippen LogP contribution in [0.2, 0.25) is 0 Å². The molecule has 1 aromatic heterocycles. The second-order valence-corrected chi connectivity index (χ2v) is 11.1. The highest BCUT2D eigenvalue weighted by Crippen LogP contribution is 2.40. The molecule has 0 aliphatic heterocycles. The normalized spacial score (nSPS) is 17.6. The molecule has 1 aliphatic carbocycles. The predicted molar refractivity (Wildman–Crippen MR) is 171 cm³/mol. The lowest BCUT2D eigenvalue weighted by atomic mass is 9.88. The Balaban J connectivity index is 1.82. The maximum atomic E-state index is 6.57. The van der Waals surface area contributed by atoms with Crippen LogP contribution in [0.1, 0.15) is 77.0 Å². The topological polar surface area (TPSA) is 73.1 Å². The Labute approximate surface area is 240 Å². The van der Waals surface area contributed by atoms with Crippen LogP contribution in [0, 0.1) is 19.8 Å². The molecule has 3 aromatic rings. The number of hydrogen-bond acceptors (Lipinski definition) is 5. The molecule has 0 amide bonds. The quantitative estimate of drug-likeness (QED) is 0.281. The van der Waals surface area contributed by atoms with Crippen molar-refractivity contribution in [1.29, 1.82) is 0 Å². The number of nitrogens with one attached hydrogen (secondary N) is 1. The van der Waals surface area contributed by atoms with Crippen molar-refractivity contribution in [1.82, 2.24) is 9.97 Å². The largest absolute Gasteiger partial charge is 0.496 e. The number of nitrogens with two attached hydrogens (primary N) is 1. The second kappa shape index (κ2) is 12.1. The smallest absolute Gasteiger partial charge is 0.229 e. The van der Waals surface area contributed by atoms with E-state index in [2.05, 4.69) is 108 Å². The van der Waals surface area contributed by atoms with Gasteiger partial charge in [-0.15, -0.1) is 0 Å². The van der Waals surface area contributed by atoms with Crippen LogP contribution in [-0.4, -0.2) is 17.1 Å². The van der Waals surface area contributed by atoms with E-state index in [1.807, 2.05) is 6.07 Å². The molecule has 2 atom stereocenters. The fraction of sp³-hybridized carbons (Fsp3) is 0.371. The minimum atomic E-state index is 0.308. The van der Waals surface area contributed by atoms with Crippen LogP contribution in [0.25, 0.3) is 22.0 Å². The molecule has 0 radical (unpaired) electrons. The summed E-state index contributed by atoms with van der Waals surface area (Å²) < 4.78 is 5.69. The van der Waals surface area contributed by atoms with Crippen molar-refractivity contribution < 1.29 is 4.74 Å². The molecule has 0 spiro atoms. The van der Waals surface area contributed by atoms with E-state index in [0.717, 1.165) is 35.0 Å². The van der Waals surface area contributed by atoms with Crippen molar-refractivity contribution in [2.24, 2.45) is 5.92 Å². The van der Waals surface area contributed by atoms with Crippen LogP contribution in [0.3, 0.4) is 0 Å². The van der Waals surface area contributed by atoms with E-state index >= 15 is 0 Å². The molecule has 0 fully saturated rings. The lowest BCUT2D eigenvalue weighted by molar-refractivity contribution is 0.420. The van der Waals surface area contributed by atoms with Crippen LogP contribution in [0.15, 0.2) is 71.0 Å². The Morgan fingerprint density at radius 3 is 2.38 bits per heavy atom. The predicted octanol–water partition coefficient (Wildman–Crippen LogP) is 9.19. The van der Waals surface area contributed by atoms with E-state index < -0.39 is 0 Å². The van der Waals surface area contributed by atoms with E-state index in [-0.39, 0.29) is 0 Å². The number of allylic oxidation sites excluding steroid dienone is 7. The summed E-state index contributed by atoms with van der Waals surface area (Å²) >= 11 is 0. The molecular formula is C35H44N4O. The van der Waals surface area contributed by atoms with Crippen molar-refractivity contribution in [3.05, 3.63) is 87.7 Å². The number of aryl methyl sites for hydroxylation is 2. The molecule has 4 rings (SSSR count). The fourth-order valence-corrected chi connectivity index (χ4v) is 5.68. The molecule has 1 heterocycles. The van der Waals surface area contributed by atoms with Crippen LogP contribution in [0.5, 0.6) is 5.75 Å². The number of fused-ring (bicyclic) bond motifs is 1. The minimum absolute atomic E-state index is 0.308. The average Bonchev–Trinajstić information content (AvgIpc) is 2.92. The summed E-state index contributed by atoms with van der Waals surface area (Å²) in [7, 11) is 1.65. The lowest BCUT2D eigenvalue weighted by Gasteiger charge is -2.20. The number of nitrogens with zero attached hydrogens (tertiary/aromatic N) is 2. The summed E-state index contributed by atoms with van der Waals surface area (Å²) in [6, 6.07) is 8.65. The number of hydrogen-bond donors (Lipinski definition) is 2. The van der Waals surface area contributed by atoms with Gasteiger partial charge < -0.3 is 15.8 Å². The molecule has 2 unspecified atom stereocenters. The van der Waals surface area contributed by atoms with Gasteiger partial charge in [-0.05, 0) is 92.5 Å². The summed E-state index contributed by atoms with van der Waals surface area (Å²) in [6.07, 6.45) is 11.0. The molecule has 210 valence electrons. The first-order valence-corrected chi connectivity index (χ1v) is 14.4. The molecule has 3 N–H and O–H groups in total. The zero-order chi connectivity index (χ0) is 29.1. The first-order chi connectivity index (χ1) is 19.1. The fourth-order valence-electron chi connectivity index (χ4n) is 5.68. The summed E-state index contributed by atoms with van der Waals surface area (Å²) in [6.45, 7) is 17.6. The van der Waals surface area contributed by atoms with Crippen molar-refractivity contribution in [2.45, 2.75) is 74.1 Å². The highest BCUT2D eigenvalue weighted by Gasteiger charge is 2.20. The molecule has 0 saturated carbocycles. The Morgan fingerprint density at radius 2 is 1.77 bits per heavy atom. The van der Waals surface area contributed by atoms with Gasteiger partial charge in [0.15, 0.2) is 0 Å². The SMILES string of the molecule is CC/C(C)=C\C(C)c1cc(C)c(-c2ccc(OC)c3c(N)nc(NC4=CC(C)/C(=C(/C)CC)C=C4)nc23)c(C)c1. The summed E-state index contributed by atoms with van der Waals surface area (Å²) in [5.74, 6) is 2.19. The van der Waals surface area contributed by atoms with Gasteiger partial charge in [-0.1, -0.05) is 69.2 Å². The Morgan fingerprint density at radius 1 is 1.07 bits per heavy atom. The van der Waals surface area contributed by atoms with Crippen LogP contribution < -0.4 is 15.8 Å². The molecule has 40 heavy (non-hydrogen) atoms. The number of ether oxygens (including phenoxy) is 1. The van der Waals surface area contributed by atoms with Crippen LogP contribution in [0.4, 0.5) is 11.8 Å². The molecule has 0 saturated heterocycles. The van der Waals surface area contributed by atoms with Crippen molar-refractivity contribution in [3.8, 4) is 16.9 Å². The Hall–Kier alpha value is -3.86. The summed E-state index contributed by atoms with van der Waals surface area (Å²) in [5, 5.41) is 4.15. The van der Waals surface area contributed by atoms with E-state index in [1.54, 1.807) is 7.11 Å². The first-order valence-electron chi connectivity index (χ1n) is 14.4. The van der Waals surface area contributed by atoms with E-state index in [9.17, 15) is 0 Å². The minimum Gasteiger partial charge on any atom is -0.496 e. The number of benzene rings is 2. The first kappa shape index (κ1) is 29.1. The summed E-state index contributed by atoms with van der Waals surface area (Å²) in [5.41, 5.74) is 18.4. The molecule has 5 nitrogen and oxygen atoms in total. The van der Waals surface area contributed by atoms with Gasteiger partial charge in [0, 0.05) is 17.2 Å². The molecular weight excluding hydrogens is 492 g/mol. The average molecular weight is 537 g/mol. The number of aromatic nitrogens is 2. The third kappa shape index (κ3) is 5.84. The molecule has 0 bridgehead atoms. The molecule has 1 aliphatic rings. The van der Waals surface area contributed by atoms with Gasteiger partial charge in [0.1, 0.15) is 11.6 Å². The van der Waals surface area contributed by atoms with Gasteiger partial charge in [-0.25, -0.2) is 4.98 Å². The maximum absolute atomic E-state index is 6.57. The van der Waals surface area contributed by atoms with Gasteiger partial charge in [0.2, 0.25) is 5.95 Å². The second-order valence-electron chi connectivity index (χ2n) is 11.1. The number of methoxy groups -OCH3 is 1. The third-order valence-electron chi connectivity index (χ3n) is 8.14. The highest BCUT2D eigenvalue weighted by atomic mass is 16.5. The van der Waals surface area contributed by atoms with Gasteiger partial charge in [0.25, 0.3) is 0 Å². The molecule has 5 heteroatoms. The van der Waals surface area contributed by atoms with Gasteiger partial charge in [-0.2, -0.15) is 4.98 Å². The van der Waals surface area contributed by atoms with E-state index in [1.165, 1.54) is 39.0 Å². The Bertz CT molecular complexity index is 1530. The van der Waals surface area contributed by atoms with Crippen LogP contribution in [-0.2, 0) is 0 Å². The van der Waals surface area contributed by atoms with Gasteiger partial charge in [0.05, 0.1) is 18.0 Å². The van der Waals surface area contributed by atoms with E-state index in [4.69, 9.17) is 15.5 Å². The number of nitrogen functional groups attached to an aromatic ring is 1. The van der Waals surface area contributed by atoms with Crippen molar-refractivity contribution in [3.63, 3.8) is 0 Å². The third-order valence-corrected chi connectivity index (χ3v) is 8.14. The lowest BCUT2D eigenvalue weighted by Crippen LogP contribution is -2.10. The van der Waals surface area contributed by atoms with Gasteiger partial charge in [-0.3, -0.25) is 0 Å². The monoisotopic (exact) mass is 536 g/mol. The van der Waals surface area contributed by atoms with Crippen LogP contribution >= 0.6 is 0 Å². The van der Waals surface area contributed by atoms with Crippen molar-refractivity contribution >= 4 is 22.7 Å². The highest BCUT2D eigenvalue weighted by molar-refractivity contribution is 6.04. The van der Waals surface area contributed by atoms with Crippen molar-refractivity contribution in [2.75, 3.05) is 18.2 Å². The van der Waals surface area contributed by atoms with E-state index in [0.29, 0.717) is 29.4 Å². The maximum Gasteiger partial charge on any atom is 0.229 e. The zero-order valence-electron chi connectivity index (χ0n) is 25.6. The molecule has 2 aromatic carbocycles.